The van der Waals surface area contributed by atoms with Crippen molar-refractivity contribution in [2.45, 2.75) is 10.8 Å². The maximum atomic E-state index is 5.59. The van der Waals surface area contributed by atoms with E-state index in [0.717, 1.165) is 11.6 Å². The summed E-state index contributed by atoms with van der Waals surface area (Å²) in [5, 5.41) is 0. The van der Waals surface area contributed by atoms with Crippen LogP contribution < -0.4 is 5.73 Å². The normalized spacial score (nSPS) is 10.3. The molecule has 2 N–H and O–H groups in total. The molecule has 0 unspecified atom stereocenters. The van der Waals surface area contributed by atoms with Crippen molar-refractivity contribution >= 4 is 17.4 Å². The second-order valence-electron chi connectivity index (χ2n) is 2.92. The standard InChI is InChI=1S/C10H11N3S/c11-9-1-3-10(4-2-9)14-8-13-6-5-12-7-13/h1-7H,8,11H2. The van der Waals surface area contributed by atoms with Gasteiger partial charge in [-0.05, 0) is 24.3 Å². The fraction of sp³-hybridized carbons (Fsp3) is 0.100. The Morgan fingerprint density at radius 2 is 2.07 bits per heavy atom. The smallest absolute Gasteiger partial charge is 0.0953 e. The molecule has 0 spiro atoms. The van der Waals surface area contributed by atoms with E-state index in [1.165, 1.54) is 4.90 Å². The van der Waals surface area contributed by atoms with Crippen LogP contribution in [0.15, 0.2) is 47.9 Å². The highest BCUT2D eigenvalue weighted by atomic mass is 32.2. The number of benzene rings is 1. The van der Waals surface area contributed by atoms with E-state index >= 15 is 0 Å². The van der Waals surface area contributed by atoms with E-state index in [2.05, 4.69) is 4.98 Å². The Morgan fingerprint density at radius 3 is 2.71 bits per heavy atom. The number of rotatable bonds is 3. The molecule has 4 heteroatoms. The number of nitrogens with zero attached hydrogens (tertiary/aromatic N) is 2. The number of anilines is 1. The van der Waals surface area contributed by atoms with Crippen LogP contribution in [0.5, 0.6) is 0 Å². The summed E-state index contributed by atoms with van der Waals surface area (Å²) in [5.74, 6) is 0.879. The molecule has 2 rings (SSSR count). The van der Waals surface area contributed by atoms with Crippen LogP contribution in [-0.2, 0) is 5.88 Å². The fourth-order valence-electron chi connectivity index (χ4n) is 1.08. The van der Waals surface area contributed by atoms with Crippen LogP contribution in [0.25, 0.3) is 0 Å². The molecule has 0 aliphatic rings. The van der Waals surface area contributed by atoms with E-state index in [1.807, 2.05) is 41.4 Å². The Balaban J connectivity index is 1.95. The number of aromatic nitrogens is 2. The van der Waals surface area contributed by atoms with E-state index in [-0.39, 0.29) is 0 Å². The molecule has 1 heterocycles. The van der Waals surface area contributed by atoms with Crippen molar-refractivity contribution in [3.8, 4) is 0 Å². The molecule has 0 radical (unpaired) electrons. The maximum absolute atomic E-state index is 5.59. The summed E-state index contributed by atoms with van der Waals surface area (Å²) in [6.45, 7) is 0. The predicted octanol–water partition coefficient (Wildman–Crippen LogP) is 2.22. The van der Waals surface area contributed by atoms with Gasteiger partial charge in [0, 0.05) is 23.0 Å². The topological polar surface area (TPSA) is 43.8 Å². The van der Waals surface area contributed by atoms with Gasteiger partial charge < -0.3 is 10.3 Å². The molecule has 72 valence electrons. The second-order valence-corrected chi connectivity index (χ2v) is 3.94. The molecule has 0 fully saturated rings. The quantitative estimate of drug-likeness (QED) is 0.617. The SMILES string of the molecule is Nc1ccc(SCn2ccnc2)cc1. The molecule has 1 aromatic heterocycles. The molecular formula is C10H11N3S. The Morgan fingerprint density at radius 1 is 1.29 bits per heavy atom. The van der Waals surface area contributed by atoms with Gasteiger partial charge in [-0.2, -0.15) is 0 Å². The molecule has 0 aliphatic carbocycles. The van der Waals surface area contributed by atoms with E-state index in [9.17, 15) is 0 Å². The summed E-state index contributed by atoms with van der Waals surface area (Å²) in [6.07, 6.45) is 5.54. The molecule has 1 aromatic carbocycles. The van der Waals surface area contributed by atoms with Crippen LogP contribution in [0.3, 0.4) is 0 Å². The molecule has 0 saturated carbocycles. The van der Waals surface area contributed by atoms with Crippen LogP contribution in [0, 0.1) is 0 Å². The molecule has 0 atom stereocenters. The lowest BCUT2D eigenvalue weighted by molar-refractivity contribution is 0.889. The zero-order chi connectivity index (χ0) is 9.80. The van der Waals surface area contributed by atoms with E-state index < -0.39 is 0 Å². The van der Waals surface area contributed by atoms with Crippen LogP contribution in [0.4, 0.5) is 5.69 Å². The van der Waals surface area contributed by atoms with Crippen molar-refractivity contribution in [3.63, 3.8) is 0 Å². The average Bonchev–Trinajstić information content (AvgIpc) is 2.70. The van der Waals surface area contributed by atoms with Gasteiger partial charge in [0.05, 0.1) is 12.2 Å². The molecule has 3 nitrogen and oxygen atoms in total. The Kier molecular flexibility index (Phi) is 2.74. The summed E-state index contributed by atoms with van der Waals surface area (Å²) in [6, 6.07) is 7.88. The first kappa shape index (κ1) is 9.15. The highest BCUT2D eigenvalue weighted by Gasteiger charge is 1.94. The maximum Gasteiger partial charge on any atom is 0.0953 e. The van der Waals surface area contributed by atoms with Crippen molar-refractivity contribution in [2.75, 3.05) is 5.73 Å². The van der Waals surface area contributed by atoms with Crippen LogP contribution >= 0.6 is 11.8 Å². The number of thioether (sulfide) groups is 1. The van der Waals surface area contributed by atoms with Crippen molar-refractivity contribution in [1.82, 2.24) is 9.55 Å². The van der Waals surface area contributed by atoms with Gasteiger partial charge in [0.1, 0.15) is 0 Å². The third-order valence-corrected chi connectivity index (χ3v) is 2.85. The molecule has 0 aliphatic heterocycles. The zero-order valence-corrected chi connectivity index (χ0v) is 8.45. The van der Waals surface area contributed by atoms with Crippen LogP contribution in [0.2, 0.25) is 0 Å². The zero-order valence-electron chi connectivity index (χ0n) is 7.63. The van der Waals surface area contributed by atoms with Crippen LogP contribution in [0.1, 0.15) is 0 Å². The lowest BCUT2D eigenvalue weighted by Crippen LogP contribution is -1.89. The first-order chi connectivity index (χ1) is 6.84. The van der Waals surface area contributed by atoms with Gasteiger partial charge in [0.2, 0.25) is 0 Å². The van der Waals surface area contributed by atoms with Crippen molar-refractivity contribution in [2.24, 2.45) is 0 Å². The summed E-state index contributed by atoms with van der Waals surface area (Å²) in [5.41, 5.74) is 6.40. The first-order valence-electron chi connectivity index (χ1n) is 4.29. The summed E-state index contributed by atoms with van der Waals surface area (Å²) >= 11 is 1.75. The highest BCUT2D eigenvalue weighted by Crippen LogP contribution is 2.20. The Labute approximate surface area is 87.0 Å². The fourth-order valence-corrected chi connectivity index (χ4v) is 1.86. The number of hydrogen-bond donors (Lipinski definition) is 1. The Bertz CT molecular complexity index is 380. The lowest BCUT2D eigenvalue weighted by atomic mass is 10.3. The average molecular weight is 205 g/mol. The van der Waals surface area contributed by atoms with Crippen molar-refractivity contribution < 1.29 is 0 Å². The van der Waals surface area contributed by atoms with Gasteiger partial charge in [0.25, 0.3) is 0 Å². The number of nitrogen functional groups attached to an aromatic ring is 1. The van der Waals surface area contributed by atoms with Crippen molar-refractivity contribution in [1.29, 1.82) is 0 Å². The monoisotopic (exact) mass is 205 g/mol. The lowest BCUT2D eigenvalue weighted by Gasteiger charge is -2.02. The third-order valence-electron chi connectivity index (χ3n) is 1.82. The number of hydrogen-bond acceptors (Lipinski definition) is 3. The Hall–Kier alpha value is -1.42. The molecule has 2 aromatic rings. The minimum absolute atomic E-state index is 0.803. The van der Waals surface area contributed by atoms with E-state index in [4.69, 9.17) is 5.73 Å². The van der Waals surface area contributed by atoms with Gasteiger partial charge >= 0.3 is 0 Å². The number of nitrogens with two attached hydrogens (primary N) is 1. The highest BCUT2D eigenvalue weighted by molar-refractivity contribution is 7.98. The first-order valence-corrected chi connectivity index (χ1v) is 5.27. The van der Waals surface area contributed by atoms with Crippen LogP contribution in [-0.4, -0.2) is 9.55 Å². The molecule has 0 bridgehead atoms. The third kappa shape index (κ3) is 2.29. The largest absolute Gasteiger partial charge is 0.399 e. The summed E-state index contributed by atoms with van der Waals surface area (Å²) in [4.78, 5) is 5.19. The van der Waals surface area contributed by atoms with E-state index in [1.54, 1.807) is 18.0 Å². The predicted molar refractivity (Wildman–Crippen MR) is 58.9 cm³/mol. The summed E-state index contributed by atoms with van der Waals surface area (Å²) in [7, 11) is 0. The van der Waals surface area contributed by atoms with Gasteiger partial charge in [0.15, 0.2) is 0 Å². The molecular weight excluding hydrogens is 194 g/mol. The molecule has 0 amide bonds. The van der Waals surface area contributed by atoms with Gasteiger partial charge in [-0.1, -0.05) is 0 Å². The second kappa shape index (κ2) is 4.19. The minimum atomic E-state index is 0.803. The van der Waals surface area contributed by atoms with Gasteiger partial charge in [-0.3, -0.25) is 0 Å². The minimum Gasteiger partial charge on any atom is -0.399 e. The van der Waals surface area contributed by atoms with Gasteiger partial charge in [-0.15, -0.1) is 11.8 Å². The molecule has 14 heavy (non-hydrogen) atoms. The summed E-state index contributed by atoms with van der Waals surface area (Å²) < 4.78 is 2.03. The van der Waals surface area contributed by atoms with Gasteiger partial charge in [-0.25, -0.2) is 4.98 Å². The molecule has 0 saturated heterocycles. The van der Waals surface area contributed by atoms with E-state index in [0.29, 0.717) is 0 Å². The number of imidazole rings is 1. The van der Waals surface area contributed by atoms with Crippen molar-refractivity contribution in [3.05, 3.63) is 43.0 Å².